The van der Waals surface area contributed by atoms with Gasteiger partial charge in [-0.2, -0.15) is 18.2 Å². The van der Waals surface area contributed by atoms with Crippen LogP contribution in [0.1, 0.15) is 12.5 Å². The van der Waals surface area contributed by atoms with Gasteiger partial charge in [-0.05, 0) is 24.6 Å². The van der Waals surface area contributed by atoms with E-state index in [0.29, 0.717) is 28.7 Å². The van der Waals surface area contributed by atoms with E-state index in [4.69, 9.17) is 26.5 Å². The number of rotatable bonds is 4. The summed E-state index contributed by atoms with van der Waals surface area (Å²) in [6.07, 6.45) is -5.08. The summed E-state index contributed by atoms with van der Waals surface area (Å²) in [5.74, 6) is 3.84. The van der Waals surface area contributed by atoms with E-state index in [9.17, 15) is 22.8 Å². The van der Waals surface area contributed by atoms with Gasteiger partial charge in [0, 0.05) is 38.2 Å². The van der Waals surface area contributed by atoms with Gasteiger partial charge in [0.15, 0.2) is 11.2 Å². The number of carboxylic acid groups (broad SMARTS) is 1. The van der Waals surface area contributed by atoms with E-state index >= 15 is 0 Å². The Balaban J connectivity index is 0.000000479. The number of halogens is 4. The predicted octanol–water partition coefficient (Wildman–Crippen LogP) is 1.66. The number of hydrogen-bond donors (Lipinski definition) is 2. The molecule has 0 amide bonds. The maximum atomic E-state index is 13.1. The maximum Gasteiger partial charge on any atom is 0.490 e. The lowest BCUT2D eigenvalue weighted by Gasteiger charge is -2.28. The lowest BCUT2D eigenvalue weighted by Crippen LogP contribution is -2.44. The number of fused-ring (bicyclic) bond motifs is 1. The molecule has 0 atom stereocenters. The summed E-state index contributed by atoms with van der Waals surface area (Å²) >= 11 is 5.99. The first-order valence-electron chi connectivity index (χ1n) is 11.1. The highest BCUT2D eigenvalue weighted by Crippen LogP contribution is 2.21. The van der Waals surface area contributed by atoms with Crippen LogP contribution in [-0.2, 0) is 24.9 Å². The number of carbonyl (C=O) groups is 1. The second-order valence-electron chi connectivity index (χ2n) is 8.00. The van der Waals surface area contributed by atoms with Crippen molar-refractivity contribution < 1.29 is 23.1 Å². The van der Waals surface area contributed by atoms with Gasteiger partial charge in [-0.25, -0.2) is 9.59 Å². The molecule has 10 nitrogen and oxygen atoms in total. The fourth-order valence-electron chi connectivity index (χ4n) is 3.67. The molecule has 1 fully saturated rings. The number of benzene rings is 1. The van der Waals surface area contributed by atoms with Gasteiger partial charge in [-0.1, -0.05) is 29.7 Å². The Morgan fingerprint density at radius 1 is 1.16 bits per heavy atom. The number of aliphatic carboxylic acids is 1. The highest BCUT2D eigenvalue weighted by atomic mass is 35.5. The summed E-state index contributed by atoms with van der Waals surface area (Å²) < 4.78 is 36.2. The zero-order valence-electron chi connectivity index (χ0n) is 20.0. The van der Waals surface area contributed by atoms with Gasteiger partial charge in [0.1, 0.15) is 0 Å². The first kappa shape index (κ1) is 27.8. The van der Waals surface area contributed by atoms with Crippen LogP contribution in [0.5, 0.6) is 0 Å². The highest BCUT2D eigenvalue weighted by molar-refractivity contribution is 6.30. The summed E-state index contributed by atoms with van der Waals surface area (Å²) in [6, 6.07) is 7.29. The van der Waals surface area contributed by atoms with Crippen LogP contribution >= 0.6 is 11.6 Å². The molecule has 198 valence electrons. The van der Waals surface area contributed by atoms with Gasteiger partial charge in [0.05, 0.1) is 13.1 Å². The Morgan fingerprint density at radius 3 is 2.30 bits per heavy atom. The highest BCUT2D eigenvalue weighted by Gasteiger charge is 2.38. The Hall–Kier alpha value is -3.76. The molecule has 14 heteroatoms. The normalized spacial score (nSPS) is 13.5. The van der Waals surface area contributed by atoms with E-state index < -0.39 is 17.8 Å². The number of hydrogen-bond acceptors (Lipinski definition) is 6. The van der Waals surface area contributed by atoms with Crippen LogP contribution in [0.25, 0.3) is 11.2 Å². The van der Waals surface area contributed by atoms with E-state index in [2.05, 4.69) is 22.1 Å². The summed E-state index contributed by atoms with van der Waals surface area (Å²) in [6.45, 7) is 5.59. The van der Waals surface area contributed by atoms with Crippen LogP contribution in [0.15, 0.2) is 33.9 Å². The summed E-state index contributed by atoms with van der Waals surface area (Å²) in [4.78, 5) is 41.9. The van der Waals surface area contributed by atoms with Crippen molar-refractivity contribution in [3.8, 4) is 11.8 Å². The van der Waals surface area contributed by atoms with Gasteiger partial charge in [-0.15, -0.1) is 5.92 Å². The molecule has 0 bridgehead atoms. The van der Waals surface area contributed by atoms with Crippen molar-refractivity contribution in [1.29, 1.82) is 0 Å². The first-order valence-corrected chi connectivity index (χ1v) is 11.4. The smallest absolute Gasteiger partial charge is 0.475 e. The van der Waals surface area contributed by atoms with Crippen molar-refractivity contribution in [2.75, 3.05) is 31.1 Å². The van der Waals surface area contributed by atoms with Crippen molar-refractivity contribution in [2.24, 2.45) is 7.05 Å². The second kappa shape index (κ2) is 11.5. The number of piperazine rings is 1. The molecule has 1 saturated heterocycles. The molecule has 2 N–H and O–H groups in total. The third kappa shape index (κ3) is 6.33. The molecule has 1 aromatic carbocycles. The van der Waals surface area contributed by atoms with E-state index in [1.807, 2.05) is 16.7 Å². The van der Waals surface area contributed by atoms with Crippen molar-refractivity contribution in [2.45, 2.75) is 26.2 Å². The van der Waals surface area contributed by atoms with Gasteiger partial charge in [0.25, 0.3) is 5.56 Å². The van der Waals surface area contributed by atoms with Crippen molar-refractivity contribution in [1.82, 2.24) is 24.0 Å². The molecule has 4 rings (SSSR count). The van der Waals surface area contributed by atoms with Crippen LogP contribution in [0, 0.1) is 11.8 Å². The number of nitrogens with zero attached hydrogens (tertiary/aromatic N) is 5. The molecule has 2 aromatic heterocycles. The van der Waals surface area contributed by atoms with Crippen LogP contribution in [0.3, 0.4) is 0 Å². The fraction of sp³-hybridized carbons (Fsp3) is 0.391. The summed E-state index contributed by atoms with van der Waals surface area (Å²) in [7, 11) is 1.50. The molecule has 0 unspecified atom stereocenters. The van der Waals surface area contributed by atoms with Crippen molar-refractivity contribution in [3.05, 3.63) is 55.7 Å². The number of alkyl halides is 3. The van der Waals surface area contributed by atoms with Crippen molar-refractivity contribution >= 4 is 34.7 Å². The molecule has 1 aliphatic rings. The Bertz CT molecular complexity index is 1460. The molecule has 0 spiro atoms. The van der Waals surface area contributed by atoms with Crippen LogP contribution in [0.2, 0.25) is 5.02 Å². The van der Waals surface area contributed by atoms with E-state index in [1.54, 1.807) is 23.6 Å². The first-order chi connectivity index (χ1) is 17.5. The lowest BCUT2D eigenvalue weighted by atomic mass is 10.2. The van der Waals surface area contributed by atoms with Gasteiger partial charge < -0.3 is 15.3 Å². The zero-order chi connectivity index (χ0) is 27.3. The molecule has 0 aliphatic carbocycles. The minimum Gasteiger partial charge on any atom is -0.475 e. The predicted molar refractivity (Wildman–Crippen MR) is 132 cm³/mol. The Kier molecular flexibility index (Phi) is 8.67. The maximum absolute atomic E-state index is 13.1. The van der Waals surface area contributed by atoms with Crippen LogP contribution in [-0.4, -0.2) is 62.1 Å². The number of aromatic nitrogens is 4. The fourth-order valence-corrected chi connectivity index (χ4v) is 3.80. The minimum absolute atomic E-state index is 0.290. The standard InChI is InChI=1S/C21H23ClN6O2.C2HF3O2/c1-3-4-11-27-17-18(24-20(27)26-12-9-23-10-13-26)28(21(30)25(2)19(17)29)14-15-5-7-16(22)8-6-15;3-2(4,5)1(6)7/h5-8,23H,9-14H2,1-2H3;(H,6,7). The van der Waals surface area contributed by atoms with Gasteiger partial charge in [0.2, 0.25) is 5.95 Å². The largest absolute Gasteiger partial charge is 0.490 e. The Morgan fingerprint density at radius 2 is 1.76 bits per heavy atom. The lowest BCUT2D eigenvalue weighted by molar-refractivity contribution is -0.192. The number of imidazole rings is 1. The molecule has 3 aromatic rings. The average Bonchev–Trinajstić information content (AvgIpc) is 3.25. The molecule has 3 heterocycles. The Labute approximate surface area is 213 Å². The van der Waals surface area contributed by atoms with E-state index in [0.717, 1.165) is 36.3 Å². The van der Waals surface area contributed by atoms with E-state index in [1.165, 1.54) is 7.05 Å². The molecule has 37 heavy (non-hydrogen) atoms. The molecule has 1 aliphatic heterocycles. The van der Waals surface area contributed by atoms with Gasteiger partial charge >= 0.3 is 17.8 Å². The zero-order valence-corrected chi connectivity index (χ0v) is 20.7. The summed E-state index contributed by atoms with van der Waals surface area (Å²) in [5.41, 5.74) is 0.898. The van der Waals surface area contributed by atoms with Gasteiger partial charge in [-0.3, -0.25) is 18.5 Å². The SMILES string of the molecule is CC#CCn1c(N2CCNCC2)nc2c1c(=O)n(C)c(=O)n2Cc1ccc(Cl)cc1.O=C(O)C(F)(F)F. The van der Waals surface area contributed by atoms with Crippen LogP contribution in [0.4, 0.5) is 19.1 Å². The quantitative estimate of drug-likeness (QED) is 0.484. The number of nitrogens with one attached hydrogen (secondary N) is 1. The third-order valence-electron chi connectivity index (χ3n) is 5.52. The third-order valence-corrected chi connectivity index (χ3v) is 5.77. The molecule has 0 radical (unpaired) electrons. The van der Waals surface area contributed by atoms with Crippen LogP contribution < -0.4 is 21.5 Å². The molecular weight excluding hydrogens is 517 g/mol. The van der Waals surface area contributed by atoms with Crippen molar-refractivity contribution in [3.63, 3.8) is 0 Å². The average molecular weight is 541 g/mol. The molecule has 0 saturated carbocycles. The number of anilines is 1. The van der Waals surface area contributed by atoms with E-state index in [-0.39, 0.29) is 12.1 Å². The second-order valence-corrected chi connectivity index (χ2v) is 8.43. The topological polar surface area (TPSA) is 114 Å². The monoisotopic (exact) mass is 540 g/mol. The molecular formula is C23H24ClF3N6O4. The number of carboxylic acids is 1. The summed E-state index contributed by atoms with van der Waals surface area (Å²) in [5, 5.41) is 11.1. The minimum atomic E-state index is -5.08.